The Morgan fingerprint density at radius 1 is 1.33 bits per heavy atom. The minimum Gasteiger partial charge on any atom is -0.341 e. The maximum atomic E-state index is 12.3. The lowest BCUT2D eigenvalue weighted by molar-refractivity contribution is -0.133. The molecule has 2 fully saturated rings. The predicted octanol–water partition coefficient (Wildman–Crippen LogP) is -0.0641. The lowest BCUT2D eigenvalue weighted by atomic mass is 9.90. The smallest absolute Gasteiger partial charge is 0.325 e. The number of imide groups is 1. The molecular weight excluding hydrogens is 296 g/mol. The van der Waals surface area contributed by atoms with Gasteiger partial charge in [0.25, 0.3) is 5.91 Å². The average molecular weight is 319 g/mol. The van der Waals surface area contributed by atoms with Crippen LogP contribution in [0.4, 0.5) is 4.79 Å². The van der Waals surface area contributed by atoms with Crippen LogP contribution < -0.4 is 11.1 Å². The van der Waals surface area contributed by atoms with Crippen molar-refractivity contribution in [2.24, 2.45) is 11.1 Å². The summed E-state index contributed by atoms with van der Waals surface area (Å²) in [6.45, 7) is 7.03. The number of likely N-dealkylation sites (tertiary alicyclic amines) is 1. The lowest BCUT2D eigenvalue weighted by Gasteiger charge is -2.29. The summed E-state index contributed by atoms with van der Waals surface area (Å²) >= 11 is 0. The minimum absolute atomic E-state index is 0. The van der Waals surface area contributed by atoms with E-state index in [4.69, 9.17) is 5.73 Å². The van der Waals surface area contributed by atoms with Crippen LogP contribution in [0.1, 0.15) is 27.2 Å². The Morgan fingerprint density at radius 3 is 2.38 bits per heavy atom. The van der Waals surface area contributed by atoms with Gasteiger partial charge in [-0.3, -0.25) is 14.9 Å². The standard InChI is InChI=1S/C13H22N4O3.ClH/c1-12(2)10(19)15-11(20)17(12)6-9(18)16-5-4-13(3,7-14)8-16;/h4-8,14H2,1-3H3,(H,15,19,20);1H. The molecule has 0 saturated carbocycles. The molecule has 0 aromatic rings. The number of hydrogen-bond acceptors (Lipinski definition) is 4. The van der Waals surface area contributed by atoms with E-state index in [1.165, 1.54) is 4.90 Å². The fourth-order valence-corrected chi connectivity index (χ4v) is 2.60. The van der Waals surface area contributed by atoms with Crippen LogP contribution in [0, 0.1) is 5.41 Å². The highest BCUT2D eigenvalue weighted by atomic mass is 35.5. The Hall–Kier alpha value is -1.34. The SMILES string of the molecule is CC1(CN)CCN(C(=O)CN2C(=O)NC(=O)C2(C)C)C1.Cl. The summed E-state index contributed by atoms with van der Waals surface area (Å²) in [5.41, 5.74) is 4.69. The van der Waals surface area contributed by atoms with E-state index in [0.717, 1.165) is 6.42 Å². The number of carbonyl (C=O) groups excluding carboxylic acids is 3. The summed E-state index contributed by atoms with van der Waals surface area (Å²) in [6, 6.07) is -0.505. The van der Waals surface area contributed by atoms with E-state index in [-0.39, 0.29) is 36.2 Å². The van der Waals surface area contributed by atoms with Gasteiger partial charge in [0.1, 0.15) is 12.1 Å². The van der Waals surface area contributed by atoms with Crippen LogP contribution in [-0.2, 0) is 9.59 Å². The zero-order valence-corrected chi connectivity index (χ0v) is 13.5. The molecule has 0 radical (unpaired) electrons. The molecule has 0 spiro atoms. The van der Waals surface area contributed by atoms with E-state index in [1.54, 1.807) is 18.7 Å². The van der Waals surface area contributed by atoms with E-state index in [1.807, 2.05) is 0 Å². The first-order valence-electron chi connectivity index (χ1n) is 6.80. The van der Waals surface area contributed by atoms with Crippen LogP contribution in [0.2, 0.25) is 0 Å². The summed E-state index contributed by atoms with van der Waals surface area (Å²) < 4.78 is 0. The second-order valence-corrected chi connectivity index (χ2v) is 6.48. The lowest BCUT2D eigenvalue weighted by Crippen LogP contribution is -2.49. The molecule has 3 N–H and O–H groups in total. The van der Waals surface area contributed by atoms with Crippen LogP contribution in [0.5, 0.6) is 0 Å². The number of nitrogens with two attached hydrogens (primary N) is 1. The predicted molar refractivity (Wildman–Crippen MR) is 79.9 cm³/mol. The average Bonchev–Trinajstić information content (AvgIpc) is 2.85. The largest absolute Gasteiger partial charge is 0.341 e. The van der Waals surface area contributed by atoms with Crippen molar-refractivity contribution in [1.29, 1.82) is 0 Å². The molecule has 0 aliphatic carbocycles. The molecule has 2 aliphatic rings. The van der Waals surface area contributed by atoms with Crippen LogP contribution in [0.15, 0.2) is 0 Å². The van der Waals surface area contributed by atoms with Gasteiger partial charge in [-0.05, 0) is 32.2 Å². The van der Waals surface area contributed by atoms with Gasteiger partial charge in [0.05, 0.1) is 0 Å². The van der Waals surface area contributed by atoms with Crippen molar-refractivity contribution in [2.45, 2.75) is 32.7 Å². The molecular formula is C13H23ClN4O3. The van der Waals surface area contributed by atoms with Crippen molar-refractivity contribution < 1.29 is 14.4 Å². The third-order valence-corrected chi connectivity index (χ3v) is 4.39. The zero-order chi connectivity index (χ0) is 15.1. The Morgan fingerprint density at radius 2 is 1.95 bits per heavy atom. The van der Waals surface area contributed by atoms with Gasteiger partial charge in [0, 0.05) is 13.1 Å². The normalized spacial score (nSPS) is 27.6. The zero-order valence-electron chi connectivity index (χ0n) is 12.6. The summed E-state index contributed by atoms with van der Waals surface area (Å²) in [4.78, 5) is 38.7. The first-order chi connectivity index (χ1) is 9.19. The van der Waals surface area contributed by atoms with Crippen molar-refractivity contribution in [3.05, 3.63) is 0 Å². The first kappa shape index (κ1) is 17.7. The minimum atomic E-state index is -0.983. The number of urea groups is 1. The molecule has 1 atom stereocenters. The van der Waals surface area contributed by atoms with Crippen molar-refractivity contribution in [3.8, 4) is 0 Å². The molecule has 2 heterocycles. The van der Waals surface area contributed by atoms with Crippen LogP contribution in [-0.4, -0.2) is 59.4 Å². The quantitative estimate of drug-likeness (QED) is 0.712. The number of halogens is 1. The molecule has 4 amide bonds. The summed E-state index contributed by atoms with van der Waals surface area (Å²) in [6.07, 6.45) is 0.865. The van der Waals surface area contributed by atoms with Gasteiger partial charge in [-0.15, -0.1) is 12.4 Å². The molecule has 2 rings (SSSR count). The Balaban J connectivity index is 0.00000220. The Kier molecular flexibility index (Phi) is 4.90. The highest BCUT2D eigenvalue weighted by Gasteiger charge is 2.47. The van der Waals surface area contributed by atoms with Gasteiger partial charge < -0.3 is 15.5 Å². The van der Waals surface area contributed by atoms with Crippen molar-refractivity contribution in [3.63, 3.8) is 0 Å². The van der Waals surface area contributed by atoms with Crippen LogP contribution in [0.3, 0.4) is 0 Å². The maximum absolute atomic E-state index is 12.3. The number of nitrogens with one attached hydrogen (secondary N) is 1. The molecule has 7 nitrogen and oxygen atoms in total. The van der Waals surface area contributed by atoms with Gasteiger partial charge in [-0.2, -0.15) is 0 Å². The number of carbonyl (C=O) groups is 3. The van der Waals surface area contributed by atoms with E-state index < -0.39 is 11.6 Å². The molecule has 0 aromatic heterocycles. The first-order valence-corrected chi connectivity index (χ1v) is 6.80. The van der Waals surface area contributed by atoms with Gasteiger partial charge in [-0.1, -0.05) is 6.92 Å². The highest BCUT2D eigenvalue weighted by Crippen LogP contribution is 2.29. The van der Waals surface area contributed by atoms with Gasteiger partial charge in [0.15, 0.2) is 0 Å². The maximum Gasteiger partial charge on any atom is 0.325 e. The third kappa shape index (κ3) is 3.13. The van der Waals surface area contributed by atoms with E-state index in [2.05, 4.69) is 12.2 Å². The fourth-order valence-electron chi connectivity index (χ4n) is 2.60. The number of hydrogen-bond donors (Lipinski definition) is 2. The second-order valence-electron chi connectivity index (χ2n) is 6.48. The van der Waals surface area contributed by atoms with Gasteiger partial charge >= 0.3 is 6.03 Å². The molecule has 8 heteroatoms. The molecule has 21 heavy (non-hydrogen) atoms. The Labute approximate surface area is 130 Å². The van der Waals surface area contributed by atoms with Crippen LogP contribution >= 0.6 is 12.4 Å². The monoisotopic (exact) mass is 318 g/mol. The summed E-state index contributed by atoms with van der Waals surface area (Å²) in [5, 5.41) is 2.24. The number of amides is 4. The number of rotatable bonds is 3. The van der Waals surface area contributed by atoms with Crippen molar-refractivity contribution >= 4 is 30.3 Å². The summed E-state index contributed by atoms with van der Waals surface area (Å²) in [5.74, 6) is -0.511. The molecule has 120 valence electrons. The van der Waals surface area contributed by atoms with Crippen molar-refractivity contribution in [2.75, 3.05) is 26.2 Å². The molecule has 0 bridgehead atoms. The van der Waals surface area contributed by atoms with E-state index >= 15 is 0 Å². The Bertz CT molecular complexity index is 468. The van der Waals surface area contributed by atoms with Crippen molar-refractivity contribution in [1.82, 2.24) is 15.1 Å². The third-order valence-electron chi connectivity index (χ3n) is 4.39. The van der Waals surface area contributed by atoms with E-state index in [9.17, 15) is 14.4 Å². The van der Waals surface area contributed by atoms with Crippen LogP contribution in [0.25, 0.3) is 0 Å². The molecule has 2 saturated heterocycles. The topological polar surface area (TPSA) is 95.7 Å². The summed E-state index contributed by atoms with van der Waals surface area (Å²) in [7, 11) is 0. The second kappa shape index (κ2) is 5.81. The highest BCUT2D eigenvalue weighted by molar-refractivity contribution is 6.07. The van der Waals surface area contributed by atoms with Gasteiger partial charge in [0.2, 0.25) is 5.91 Å². The number of nitrogens with zero attached hydrogens (tertiary/aromatic N) is 2. The molecule has 0 aromatic carbocycles. The van der Waals surface area contributed by atoms with E-state index in [0.29, 0.717) is 19.6 Å². The van der Waals surface area contributed by atoms with Gasteiger partial charge in [-0.25, -0.2) is 4.79 Å². The molecule has 1 unspecified atom stereocenters. The fraction of sp³-hybridized carbons (Fsp3) is 0.769. The molecule has 2 aliphatic heterocycles.